The second-order valence-corrected chi connectivity index (χ2v) is 7.73. The Balaban J connectivity index is 1.63. The maximum atomic E-state index is 13.2. The van der Waals surface area contributed by atoms with Crippen LogP contribution in [0.2, 0.25) is 0 Å². The summed E-state index contributed by atoms with van der Waals surface area (Å²) < 4.78 is 0. The van der Waals surface area contributed by atoms with Crippen LogP contribution < -0.4 is 16.3 Å². The van der Waals surface area contributed by atoms with Crippen molar-refractivity contribution in [2.45, 2.75) is 13.0 Å². The number of hydrogen-bond donors (Lipinski definition) is 3. The number of amides is 2. The highest BCUT2D eigenvalue weighted by Crippen LogP contribution is 2.20. The molecular weight excluding hydrogens is 442 g/mol. The van der Waals surface area contributed by atoms with E-state index in [1.807, 2.05) is 36.4 Å². The molecule has 8 heteroatoms. The van der Waals surface area contributed by atoms with Crippen LogP contribution in [0, 0.1) is 0 Å². The summed E-state index contributed by atoms with van der Waals surface area (Å²) in [5.41, 5.74) is 4.24. The predicted octanol–water partition coefficient (Wildman–Crippen LogP) is 3.60. The van der Waals surface area contributed by atoms with Crippen LogP contribution in [0.15, 0.2) is 101 Å². The molecule has 0 aliphatic heterocycles. The highest BCUT2D eigenvalue weighted by atomic mass is 16.2. The van der Waals surface area contributed by atoms with E-state index in [1.54, 1.807) is 67.6 Å². The van der Waals surface area contributed by atoms with Crippen LogP contribution in [0.3, 0.4) is 0 Å². The van der Waals surface area contributed by atoms with E-state index in [4.69, 9.17) is 0 Å². The fourth-order valence-electron chi connectivity index (χ4n) is 3.44. The smallest absolute Gasteiger partial charge is 0.272 e. The van der Waals surface area contributed by atoms with E-state index in [0.717, 1.165) is 5.56 Å². The molecule has 0 aliphatic rings. The lowest BCUT2D eigenvalue weighted by Gasteiger charge is -2.18. The Morgan fingerprint density at radius 3 is 2.26 bits per heavy atom. The molecule has 3 aromatic carbocycles. The summed E-state index contributed by atoms with van der Waals surface area (Å²) >= 11 is 0. The highest BCUT2D eigenvalue weighted by molar-refractivity contribution is 6.00. The van der Waals surface area contributed by atoms with Gasteiger partial charge in [-0.1, -0.05) is 72.8 Å². The second-order valence-electron chi connectivity index (χ2n) is 7.73. The molecule has 0 aliphatic carbocycles. The lowest BCUT2D eigenvalue weighted by Crippen LogP contribution is -2.40. The molecule has 8 nitrogen and oxygen atoms in total. The summed E-state index contributed by atoms with van der Waals surface area (Å²) in [6.45, 7) is 1.74. The van der Waals surface area contributed by atoms with Crippen LogP contribution in [0.25, 0.3) is 16.8 Å². The molecule has 1 aromatic heterocycles. The maximum Gasteiger partial charge on any atom is 0.272 e. The van der Waals surface area contributed by atoms with Crippen molar-refractivity contribution in [1.82, 2.24) is 20.9 Å². The van der Waals surface area contributed by atoms with Crippen LogP contribution >= 0.6 is 0 Å². The van der Waals surface area contributed by atoms with Gasteiger partial charge in [-0.15, -0.1) is 0 Å². The van der Waals surface area contributed by atoms with Gasteiger partial charge in [0, 0.05) is 10.9 Å². The first kappa shape index (κ1) is 23.3. The molecule has 174 valence electrons. The Bertz CT molecular complexity index is 1460. The van der Waals surface area contributed by atoms with Gasteiger partial charge in [-0.25, -0.2) is 10.5 Å². The molecule has 3 N–H and O–H groups in total. The number of allylic oxidation sites excluding steroid dienone is 1. The van der Waals surface area contributed by atoms with Crippen molar-refractivity contribution >= 4 is 34.4 Å². The monoisotopic (exact) mass is 465 g/mol. The number of H-pyrrole nitrogens is 1. The van der Waals surface area contributed by atoms with E-state index < -0.39 is 23.4 Å². The number of aromatic nitrogens is 2. The molecule has 0 saturated heterocycles. The van der Waals surface area contributed by atoms with Gasteiger partial charge in [0.2, 0.25) is 0 Å². The van der Waals surface area contributed by atoms with E-state index in [0.29, 0.717) is 22.0 Å². The van der Waals surface area contributed by atoms with Crippen LogP contribution in [0.4, 0.5) is 0 Å². The number of carbonyl (C=O) groups excluding carboxylic acids is 2. The van der Waals surface area contributed by atoms with Gasteiger partial charge in [0.15, 0.2) is 6.04 Å². The number of nitrogens with zero attached hydrogens (tertiary/aromatic N) is 2. The number of carbonyl (C=O) groups is 2. The zero-order chi connectivity index (χ0) is 24.6. The number of benzene rings is 3. The fraction of sp³-hybridized carbons (Fsp3) is 0.0741. The topological polar surface area (TPSA) is 116 Å². The quantitative estimate of drug-likeness (QED) is 0.286. The molecule has 0 spiro atoms. The molecule has 0 fully saturated rings. The van der Waals surface area contributed by atoms with Crippen molar-refractivity contribution in [3.05, 3.63) is 118 Å². The van der Waals surface area contributed by atoms with Crippen molar-refractivity contribution in [3.63, 3.8) is 0 Å². The van der Waals surface area contributed by atoms with Gasteiger partial charge in [-0.05, 0) is 36.8 Å². The van der Waals surface area contributed by atoms with Crippen molar-refractivity contribution in [2.24, 2.45) is 5.10 Å². The number of fused-ring (bicyclic) bond motifs is 1. The summed E-state index contributed by atoms with van der Waals surface area (Å²) in [6, 6.07) is 23.7. The molecule has 0 bridgehead atoms. The standard InChI is InChI=1S/C27H23N5O3/c1-18(16-17-19-10-4-2-5-11-19)29-32-27(35)24(28-25(33)20-12-6-3-7-13-20)23-21-14-8-9-15-22(21)26(34)31-30-23/h2-17,24H,1H3,(H,28,33)(H,31,34)(H,32,35)/b17-16+,29-18+. The Morgan fingerprint density at radius 2 is 1.54 bits per heavy atom. The molecular formula is C27H23N5O3. The fourth-order valence-corrected chi connectivity index (χ4v) is 3.44. The first-order valence-corrected chi connectivity index (χ1v) is 10.9. The number of rotatable bonds is 7. The Hall–Kier alpha value is -4.85. The van der Waals surface area contributed by atoms with Gasteiger partial charge >= 0.3 is 0 Å². The third-order valence-electron chi connectivity index (χ3n) is 5.23. The van der Waals surface area contributed by atoms with Crippen molar-refractivity contribution < 1.29 is 9.59 Å². The molecule has 4 aromatic rings. The van der Waals surface area contributed by atoms with Crippen LogP contribution in [0.1, 0.15) is 34.6 Å². The van der Waals surface area contributed by atoms with Gasteiger partial charge in [0.1, 0.15) is 5.69 Å². The molecule has 1 atom stereocenters. The average Bonchev–Trinajstić information content (AvgIpc) is 2.91. The minimum atomic E-state index is -1.21. The van der Waals surface area contributed by atoms with Gasteiger partial charge in [-0.3, -0.25) is 14.4 Å². The largest absolute Gasteiger partial charge is 0.335 e. The normalized spacial score (nSPS) is 12.4. The van der Waals surface area contributed by atoms with Crippen LogP contribution in [-0.2, 0) is 4.79 Å². The lowest BCUT2D eigenvalue weighted by atomic mass is 10.0. The third kappa shape index (κ3) is 5.75. The van der Waals surface area contributed by atoms with Gasteiger partial charge in [0.05, 0.1) is 11.1 Å². The van der Waals surface area contributed by atoms with Crippen LogP contribution in [-0.4, -0.2) is 27.7 Å². The van der Waals surface area contributed by atoms with Crippen molar-refractivity contribution in [2.75, 3.05) is 0 Å². The van der Waals surface area contributed by atoms with Crippen molar-refractivity contribution in [3.8, 4) is 0 Å². The van der Waals surface area contributed by atoms with E-state index >= 15 is 0 Å². The molecule has 1 heterocycles. The highest BCUT2D eigenvalue weighted by Gasteiger charge is 2.27. The minimum Gasteiger partial charge on any atom is -0.335 e. The van der Waals surface area contributed by atoms with Gasteiger partial charge < -0.3 is 5.32 Å². The zero-order valence-corrected chi connectivity index (χ0v) is 18.9. The predicted molar refractivity (Wildman–Crippen MR) is 136 cm³/mol. The Kier molecular flexibility index (Phi) is 7.22. The maximum absolute atomic E-state index is 13.2. The minimum absolute atomic E-state index is 0.203. The van der Waals surface area contributed by atoms with Crippen molar-refractivity contribution in [1.29, 1.82) is 0 Å². The summed E-state index contributed by atoms with van der Waals surface area (Å²) in [5, 5.41) is 14.2. The number of nitrogens with one attached hydrogen (secondary N) is 3. The molecule has 35 heavy (non-hydrogen) atoms. The molecule has 0 saturated carbocycles. The van der Waals surface area contributed by atoms with E-state index in [-0.39, 0.29) is 5.69 Å². The van der Waals surface area contributed by atoms with E-state index in [2.05, 4.69) is 26.0 Å². The molecule has 0 radical (unpaired) electrons. The lowest BCUT2D eigenvalue weighted by molar-refractivity contribution is -0.123. The second kappa shape index (κ2) is 10.8. The number of hydrogen-bond acceptors (Lipinski definition) is 5. The first-order valence-electron chi connectivity index (χ1n) is 10.9. The average molecular weight is 466 g/mol. The first-order chi connectivity index (χ1) is 17.0. The Labute approximate surface area is 201 Å². The molecule has 4 rings (SSSR count). The summed E-state index contributed by atoms with van der Waals surface area (Å²) in [5.74, 6) is -1.07. The third-order valence-corrected chi connectivity index (χ3v) is 5.23. The van der Waals surface area contributed by atoms with Crippen LogP contribution in [0.5, 0.6) is 0 Å². The summed E-state index contributed by atoms with van der Waals surface area (Å²) in [4.78, 5) is 38.4. The zero-order valence-electron chi connectivity index (χ0n) is 18.9. The summed E-state index contributed by atoms with van der Waals surface area (Å²) in [6.07, 6.45) is 3.64. The number of aromatic amines is 1. The van der Waals surface area contributed by atoms with Gasteiger partial charge in [0.25, 0.3) is 17.4 Å². The van der Waals surface area contributed by atoms with E-state index in [9.17, 15) is 14.4 Å². The SMILES string of the molecule is CC(/C=C/c1ccccc1)=N\NC(=O)C(NC(=O)c1ccccc1)c1n[nH]c(=O)c2ccccc12. The summed E-state index contributed by atoms with van der Waals surface area (Å²) in [7, 11) is 0. The number of hydrazone groups is 1. The molecule has 2 amide bonds. The van der Waals surface area contributed by atoms with Gasteiger partial charge in [-0.2, -0.15) is 10.2 Å². The van der Waals surface area contributed by atoms with E-state index in [1.165, 1.54) is 0 Å². The Morgan fingerprint density at radius 1 is 0.914 bits per heavy atom. The molecule has 1 unspecified atom stereocenters.